The molecule has 2 fully saturated rings. The van der Waals surface area contributed by atoms with Gasteiger partial charge in [0.2, 0.25) is 17.7 Å². The summed E-state index contributed by atoms with van der Waals surface area (Å²) in [5.74, 6) is -0.0777. The number of quaternary nitrogens is 1. The number of ether oxygens (including phenoxy) is 4. The molecule has 0 aromatic heterocycles. The van der Waals surface area contributed by atoms with Crippen LogP contribution in [-0.4, -0.2) is 121 Å². The van der Waals surface area contributed by atoms with Crippen LogP contribution in [0.3, 0.4) is 0 Å². The van der Waals surface area contributed by atoms with Crippen molar-refractivity contribution in [2.24, 2.45) is 11.8 Å². The molecule has 3 aromatic carbocycles. The fraction of sp³-hybridized carbons (Fsp3) is 0.509. The van der Waals surface area contributed by atoms with Gasteiger partial charge in [0.1, 0.15) is 44.4 Å². The van der Waals surface area contributed by atoms with Crippen LogP contribution in [0.1, 0.15) is 83.9 Å². The van der Waals surface area contributed by atoms with Gasteiger partial charge in [-0.1, -0.05) is 101 Å². The second-order valence-corrected chi connectivity index (χ2v) is 18.9. The van der Waals surface area contributed by atoms with Gasteiger partial charge in [-0.3, -0.25) is 33.7 Å². The number of aryl methyl sites for hydroxylation is 1. The van der Waals surface area contributed by atoms with Gasteiger partial charge in [0.05, 0.1) is 19.8 Å². The van der Waals surface area contributed by atoms with E-state index in [0.717, 1.165) is 28.0 Å². The van der Waals surface area contributed by atoms with Crippen LogP contribution in [-0.2, 0) is 57.6 Å². The van der Waals surface area contributed by atoms with E-state index < -0.39 is 53.3 Å². The summed E-state index contributed by atoms with van der Waals surface area (Å²) in [5, 5.41) is 8.86. The van der Waals surface area contributed by atoms with Crippen molar-refractivity contribution in [3.8, 4) is 23.8 Å². The maximum Gasteiger partial charge on any atom is 0.311 e. The lowest BCUT2D eigenvalue weighted by Crippen LogP contribution is -2.64. The summed E-state index contributed by atoms with van der Waals surface area (Å²) in [6, 6.07) is 20.6. The van der Waals surface area contributed by atoms with Crippen LogP contribution in [0, 0.1) is 24.2 Å². The first-order chi connectivity index (χ1) is 32.5. The van der Waals surface area contributed by atoms with Gasteiger partial charge in [0, 0.05) is 24.9 Å². The van der Waals surface area contributed by atoms with E-state index in [1.54, 1.807) is 32.0 Å². The Morgan fingerprint density at radius 3 is 2.06 bits per heavy atom. The van der Waals surface area contributed by atoms with Crippen molar-refractivity contribution >= 4 is 35.5 Å². The van der Waals surface area contributed by atoms with Crippen molar-refractivity contribution in [1.29, 1.82) is 0 Å². The number of amides is 5. The average molecular weight is 937 g/mol. The summed E-state index contributed by atoms with van der Waals surface area (Å²) in [6.45, 7) is 13.3. The molecule has 3 N–H and O–H groups in total. The number of imide groups is 1. The van der Waals surface area contributed by atoms with Crippen molar-refractivity contribution in [3.05, 3.63) is 95.6 Å². The highest BCUT2D eigenvalue weighted by Gasteiger charge is 2.54. The number of rotatable bonds is 25. The van der Waals surface area contributed by atoms with E-state index in [1.807, 2.05) is 74.5 Å². The molecule has 2 heterocycles. The third-order valence-corrected chi connectivity index (χ3v) is 12.2. The molecule has 366 valence electrons. The molecule has 4 atom stereocenters. The molecular formula is C53H70N5O10+. The van der Waals surface area contributed by atoms with E-state index in [1.165, 1.54) is 0 Å². The number of hydrogen-bond acceptors (Lipinski definition) is 10. The number of terminal acetylenes is 1. The maximum atomic E-state index is 15.2. The van der Waals surface area contributed by atoms with Crippen molar-refractivity contribution in [1.82, 2.24) is 20.9 Å². The van der Waals surface area contributed by atoms with Crippen LogP contribution in [0.15, 0.2) is 78.9 Å². The Kier molecular flexibility index (Phi) is 19.7. The zero-order valence-corrected chi connectivity index (χ0v) is 40.6. The van der Waals surface area contributed by atoms with Gasteiger partial charge < -0.3 is 39.4 Å². The summed E-state index contributed by atoms with van der Waals surface area (Å²) >= 11 is 0. The number of hydrogen-bond donors (Lipinski definition) is 3. The molecule has 5 amide bonds. The normalized spacial score (nSPS) is 17.5. The molecule has 0 unspecified atom stereocenters. The summed E-state index contributed by atoms with van der Waals surface area (Å²) < 4.78 is 22.9. The van der Waals surface area contributed by atoms with Crippen LogP contribution in [0.25, 0.3) is 0 Å². The van der Waals surface area contributed by atoms with Gasteiger partial charge in [-0.2, -0.15) is 0 Å². The molecule has 5 rings (SSSR count). The van der Waals surface area contributed by atoms with Crippen LogP contribution < -0.4 is 25.4 Å². The monoisotopic (exact) mass is 937 g/mol. The summed E-state index contributed by atoms with van der Waals surface area (Å²) in [6.07, 6.45) is 7.22. The fourth-order valence-electron chi connectivity index (χ4n) is 8.17. The first kappa shape index (κ1) is 52.9. The van der Waals surface area contributed by atoms with Gasteiger partial charge in [0.15, 0.2) is 23.6 Å². The highest BCUT2D eigenvalue weighted by molar-refractivity contribution is 6.05. The minimum atomic E-state index is -1.35. The largest absolute Gasteiger partial charge is 0.477 e. The second kappa shape index (κ2) is 25.3. The summed E-state index contributed by atoms with van der Waals surface area (Å²) in [7, 11) is 0. The molecule has 15 nitrogen and oxygen atoms in total. The third kappa shape index (κ3) is 15.8. The van der Waals surface area contributed by atoms with Crippen molar-refractivity contribution < 1.29 is 52.2 Å². The fourth-order valence-corrected chi connectivity index (χ4v) is 8.17. The number of epoxide rings is 1. The van der Waals surface area contributed by atoms with E-state index in [2.05, 4.69) is 35.7 Å². The number of carbonyl (C=O) groups is 6. The molecule has 0 saturated carbocycles. The molecule has 3 aromatic rings. The van der Waals surface area contributed by atoms with E-state index in [4.69, 9.17) is 25.4 Å². The second-order valence-electron chi connectivity index (χ2n) is 18.9. The number of esters is 1. The lowest BCUT2D eigenvalue weighted by molar-refractivity contribution is -0.940. The molecule has 2 saturated heterocycles. The molecule has 68 heavy (non-hydrogen) atoms. The Hall–Kier alpha value is -6.08. The first-order valence-corrected chi connectivity index (χ1v) is 23.8. The zero-order valence-electron chi connectivity index (χ0n) is 40.6. The molecule has 15 heteroatoms. The SMILES string of the molecule is C#CCOc1cc(C[N+]2(CC(=O)N(C(=O)[C@@]3(C)CO3)[C@@H](CCc3ccccc3)C(=O)N[C@@H](CC(C)C)C(=O)N[C@@H](Cc3ccccc3)C(=O)NCCC(C)C)CCOCC2)ccc1OC(=O)CC. The minimum absolute atomic E-state index is 0.0469. The molecule has 0 spiro atoms. The quantitative estimate of drug-likeness (QED) is 0.0347. The number of morpholine rings is 1. The smallest absolute Gasteiger partial charge is 0.311 e. The van der Waals surface area contributed by atoms with Gasteiger partial charge in [-0.25, -0.2) is 0 Å². The Morgan fingerprint density at radius 2 is 1.46 bits per heavy atom. The first-order valence-electron chi connectivity index (χ1n) is 23.8. The summed E-state index contributed by atoms with van der Waals surface area (Å²) in [4.78, 5) is 86.4. The minimum Gasteiger partial charge on any atom is -0.477 e. The van der Waals surface area contributed by atoms with Crippen molar-refractivity contribution in [2.45, 2.75) is 110 Å². The average Bonchev–Trinajstić information content (AvgIpc) is 4.08. The van der Waals surface area contributed by atoms with Gasteiger partial charge in [-0.15, -0.1) is 6.42 Å². The Labute approximate surface area is 401 Å². The Bertz CT molecular complexity index is 2220. The number of benzene rings is 3. The lowest BCUT2D eigenvalue weighted by Gasteiger charge is -2.42. The number of carbonyl (C=O) groups excluding carboxylic acids is 6. The topological polar surface area (TPSA) is 182 Å². The van der Waals surface area contributed by atoms with Crippen LogP contribution in [0.5, 0.6) is 11.5 Å². The summed E-state index contributed by atoms with van der Waals surface area (Å²) in [5.41, 5.74) is 1.14. The molecule has 0 aliphatic carbocycles. The predicted molar refractivity (Wildman–Crippen MR) is 257 cm³/mol. The molecule has 0 radical (unpaired) electrons. The number of nitrogens with one attached hydrogen (secondary N) is 3. The van der Waals surface area contributed by atoms with Crippen molar-refractivity contribution in [3.63, 3.8) is 0 Å². The molecule has 0 bridgehead atoms. The lowest BCUT2D eigenvalue weighted by atomic mass is 9.98. The van der Waals surface area contributed by atoms with Gasteiger partial charge in [-0.05, 0) is 73.8 Å². The zero-order chi connectivity index (χ0) is 49.3. The highest BCUT2D eigenvalue weighted by Crippen LogP contribution is 2.33. The van der Waals surface area contributed by atoms with Gasteiger partial charge in [0.25, 0.3) is 11.8 Å². The molecule has 2 aliphatic heterocycles. The van der Waals surface area contributed by atoms with Crippen LogP contribution in [0.4, 0.5) is 0 Å². The van der Waals surface area contributed by atoms with E-state index in [9.17, 15) is 19.2 Å². The number of nitrogens with zero attached hydrogens (tertiary/aromatic N) is 2. The molecular weight excluding hydrogens is 867 g/mol. The highest BCUT2D eigenvalue weighted by atomic mass is 16.6. The maximum absolute atomic E-state index is 15.2. The standard InChI is InChI=1S/C53H69N5O10/c1-8-28-66-46-33-41(21-23-45(46)68-48(60)9-2)34-58(26-29-65-30-27-58)35-47(59)57(52(64)53(7)36-67-53)44(22-20-39-16-12-10-13-17-39)51(63)56-42(31-38(5)6)50(62)55-43(32-40-18-14-11-15-19-40)49(61)54-25-24-37(3)4/h1,10-19,21,23,33,37-38,42-44H,9,20,22,24-32,34-36H2,2-7H3,(H2-,54,55,56,61,62,63)/p+1/t42-,43-,44-,53+/m0/s1. The Morgan fingerprint density at radius 1 is 0.809 bits per heavy atom. The predicted octanol–water partition coefficient (Wildman–Crippen LogP) is 4.93. The van der Waals surface area contributed by atoms with Gasteiger partial charge >= 0.3 is 5.97 Å². The van der Waals surface area contributed by atoms with E-state index >= 15 is 9.59 Å². The Balaban J connectivity index is 1.48. The van der Waals surface area contributed by atoms with E-state index in [-0.39, 0.29) is 73.2 Å². The van der Waals surface area contributed by atoms with Crippen LogP contribution >= 0.6 is 0 Å². The third-order valence-electron chi connectivity index (χ3n) is 12.2. The van der Waals surface area contributed by atoms with E-state index in [0.29, 0.717) is 51.7 Å². The van der Waals surface area contributed by atoms with Crippen molar-refractivity contribution in [2.75, 3.05) is 52.6 Å². The van der Waals surface area contributed by atoms with Crippen LogP contribution in [0.2, 0.25) is 0 Å². The molecule has 2 aliphatic rings.